The van der Waals surface area contributed by atoms with E-state index in [2.05, 4.69) is 41.8 Å². The second-order valence-electron chi connectivity index (χ2n) is 6.54. The Morgan fingerprint density at radius 1 is 1.15 bits per heavy atom. The summed E-state index contributed by atoms with van der Waals surface area (Å²) < 4.78 is 5.45. The van der Waals surface area contributed by atoms with Gasteiger partial charge in [-0.1, -0.05) is 11.6 Å². The lowest BCUT2D eigenvalue weighted by Crippen LogP contribution is -2.26. The molecule has 4 nitrogen and oxygen atoms in total. The Balaban J connectivity index is 1.68. The molecule has 0 bridgehead atoms. The lowest BCUT2D eigenvalue weighted by atomic mass is 9.86. The molecule has 0 unspecified atom stereocenters. The summed E-state index contributed by atoms with van der Waals surface area (Å²) >= 11 is 5.38. The molecule has 0 aromatic heterocycles. The third-order valence-corrected chi connectivity index (χ3v) is 4.68. The van der Waals surface area contributed by atoms with Gasteiger partial charge in [-0.25, -0.2) is 0 Å². The first-order valence-corrected chi connectivity index (χ1v) is 9.44. The molecule has 2 aromatic rings. The largest absolute Gasteiger partial charge is 0.494 e. The number of nitrogens with one attached hydrogen (secondary N) is 2. The molecular weight excluding hydrogens is 342 g/mol. The molecule has 0 fully saturated rings. The minimum absolute atomic E-state index is 0.484. The summed E-state index contributed by atoms with van der Waals surface area (Å²) in [6, 6.07) is 12.2. The molecule has 0 saturated carbocycles. The van der Waals surface area contributed by atoms with Crippen LogP contribution in [0, 0.1) is 13.8 Å². The quantitative estimate of drug-likeness (QED) is 0.606. The van der Waals surface area contributed by atoms with E-state index in [1.165, 1.54) is 22.3 Å². The molecule has 26 heavy (non-hydrogen) atoms. The van der Waals surface area contributed by atoms with Crippen molar-refractivity contribution in [3.8, 4) is 5.75 Å². The average Bonchev–Trinajstić information content (AvgIpc) is 2.62. The van der Waals surface area contributed by atoms with Gasteiger partial charge in [-0.15, -0.1) is 0 Å². The molecule has 0 radical (unpaired) electrons. The fraction of sp³-hybridized carbons (Fsp3) is 0.333. The van der Waals surface area contributed by atoms with Gasteiger partial charge in [0, 0.05) is 11.3 Å². The highest BCUT2D eigenvalue weighted by molar-refractivity contribution is 7.80. The molecular formula is C21H25N3OS. The van der Waals surface area contributed by atoms with E-state index in [1.807, 2.05) is 31.2 Å². The van der Waals surface area contributed by atoms with Crippen LogP contribution in [0.2, 0.25) is 0 Å². The number of hydrogen-bond acceptors (Lipinski definition) is 3. The maximum Gasteiger partial charge on any atom is 0.191 e. The fourth-order valence-electron chi connectivity index (χ4n) is 3.35. The maximum absolute atomic E-state index is 5.45. The van der Waals surface area contributed by atoms with Gasteiger partial charge in [-0.3, -0.25) is 5.43 Å². The van der Waals surface area contributed by atoms with Crippen LogP contribution in [0.3, 0.4) is 0 Å². The number of aryl methyl sites for hydroxylation is 2. The molecule has 0 amide bonds. The summed E-state index contributed by atoms with van der Waals surface area (Å²) in [6.07, 6.45) is 3.21. The van der Waals surface area contributed by atoms with Crippen LogP contribution in [0.1, 0.15) is 42.0 Å². The normalized spacial score (nSPS) is 14.7. The summed E-state index contributed by atoms with van der Waals surface area (Å²) in [6.45, 7) is 6.94. The zero-order valence-electron chi connectivity index (χ0n) is 15.6. The van der Waals surface area contributed by atoms with E-state index in [9.17, 15) is 0 Å². The van der Waals surface area contributed by atoms with E-state index < -0.39 is 0 Å². The van der Waals surface area contributed by atoms with Crippen molar-refractivity contribution in [2.45, 2.75) is 40.0 Å². The van der Waals surface area contributed by atoms with Gasteiger partial charge < -0.3 is 10.1 Å². The Hall–Kier alpha value is -2.40. The first-order chi connectivity index (χ1) is 12.6. The number of hydrazone groups is 1. The second-order valence-corrected chi connectivity index (χ2v) is 6.95. The number of fused-ring (bicyclic) bond motifs is 1. The molecule has 0 heterocycles. The number of benzene rings is 2. The van der Waals surface area contributed by atoms with Crippen LogP contribution in [0.15, 0.2) is 41.5 Å². The third-order valence-electron chi connectivity index (χ3n) is 4.48. The van der Waals surface area contributed by atoms with E-state index in [0.717, 1.165) is 36.4 Å². The number of hydrogen-bond donors (Lipinski definition) is 2. The first kappa shape index (κ1) is 18.4. The molecule has 0 aliphatic heterocycles. The van der Waals surface area contributed by atoms with Gasteiger partial charge in [0.2, 0.25) is 0 Å². The monoisotopic (exact) mass is 367 g/mol. The molecule has 1 aliphatic rings. The van der Waals surface area contributed by atoms with Gasteiger partial charge in [0.1, 0.15) is 5.75 Å². The molecule has 2 N–H and O–H groups in total. The highest BCUT2D eigenvalue weighted by Crippen LogP contribution is 2.26. The third kappa shape index (κ3) is 4.41. The number of ether oxygens (including phenoxy) is 1. The smallest absolute Gasteiger partial charge is 0.191 e. The minimum Gasteiger partial charge on any atom is -0.494 e. The summed E-state index contributed by atoms with van der Waals surface area (Å²) in [7, 11) is 0. The fourth-order valence-corrected chi connectivity index (χ4v) is 3.51. The standard InChI is InChI=1S/C21H25N3OS/c1-4-25-17-10-8-16(9-11-17)22-21(26)24-23-20-7-5-6-18-15(3)12-14(2)13-19(18)20/h8-13H,4-7H2,1-3H3,(H2,22,24,26)/b23-20-. The van der Waals surface area contributed by atoms with Crippen molar-refractivity contribution >= 4 is 28.7 Å². The summed E-state index contributed by atoms with van der Waals surface area (Å²) in [5.74, 6) is 0.849. The van der Waals surface area contributed by atoms with Crippen LogP contribution in [0.25, 0.3) is 0 Å². The Morgan fingerprint density at radius 3 is 2.65 bits per heavy atom. The number of thiocarbonyl (C=S) groups is 1. The van der Waals surface area contributed by atoms with Crippen LogP contribution >= 0.6 is 12.2 Å². The van der Waals surface area contributed by atoms with Crippen LogP contribution in [0.4, 0.5) is 5.69 Å². The van der Waals surface area contributed by atoms with Crippen molar-refractivity contribution in [2.75, 3.05) is 11.9 Å². The van der Waals surface area contributed by atoms with E-state index >= 15 is 0 Å². The predicted octanol–water partition coefficient (Wildman–Crippen LogP) is 4.73. The second kappa shape index (κ2) is 8.32. The van der Waals surface area contributed by atoms with Crippen molar-refractivity contribution in [1.29, 1.82) is 0 Å². The van der Waals surface area contributed by atoms with Gasteiger partial charge in [-0.05, 0) is 93.7 Å². The number of rotatable bonds is 4. The highest BCUT2D eigenvalue weighted by atomic mass is 32.1. The predicted molar refractivity (Wildman–Crippen MR) is 112 cm³/mol. The Morgan fingerprint density at radius 2 is 1.92 bits per heavy atom. The Kier molecular flexibility index (Phi) is 5.89. The molecule has 5 heteroatoms. The van der Waals surface area contributed by atoms with Gasteiger partial charge in [-0.2, -0.15) is 5.10 Å². The number of anilines is 1. The maximum atomic E-state index is 5.45. The van der Waals surface area contributed by atoms with E-state index in [0.29, 0.717) is 11.7 Å². The van der Waals surface area contributed by atoms with Crippen molar-refractivity contribution in [3.05, 3.63) is 58.7 Å². The minimum atomic E-state index is 0.484. The molecule has 2 aromatic carbocycles. The molecule has 0 saturated heterocycles. The van der Waals surface area contributed by atoms with E-state index in [-0.39, 0.29) is 0 Å². The molecule has 0 atom stereocenters. The van der Waals surface area contributed by atoms with Gasteiger partial charge in [0.15, 0.2) is 5.11 Å². The topological polar surface area (TPSA) is 45.6 Å². The first-order valence-electron chi connectivity index (χ1n) is 9.03. The zero-order valence-corrected chi connectivity index (χ0v) is 16.4. The van der Waals surface area contributed by atoms with Crippen LogP contribution in [0.5, 0.6) is 5.75 Å². The van der Waals surface area contributed by atoms with Gasteiger partial charge in [0.05, 0.1) is 12.3 Å². The van der Waals surface area contributed by atoms with Crippen molar-refractivity contribution in [1.82, 2.24) is 5.43 Å². The van der Waals surface area contributed by atoms with E-state index in [1.54, 1.807) is 0 Å². The zero-order chi connectivity index (χ0) is 18.5. The number of nitrogens with zero attached hydrogens (tertiary/aromatic N) is 1. The lowest BCUT2D eigenvalue weighted by Gasteiger charge is -2.21. The summed E-state index contributed by atoms with van der Waals surface area (Å²) in [5.41, 5.74) is 10.3. The molecule has 3 rings (SSSR count). The summed E-state index contributed by atoms with van der Waals surface area (Å²) in [4.78, 5) is 0. The Bertz CT molecular complexity index is 828. The van der Waals surface area contributed by atoms with Gasteiger partial charge >= 0.3 is 0 Å². The molecule has 136 valence electrons. The lowest BCUT2D eigenvalue weighted by molar-refractivity contribution is 0.340. The molecule has 0 spiro atoms. The Labute approximate surface area is 160 Å². The van der Waals surface area contributed by atoms with Crippen molar-refractivity contribution in [2.24, 2.45) is 5.10 Å². The van der Waals surface area contributed by atoms with Crippen LogP contribution in [-0.2, 0) is 6.42 Å². The van der Waals surface area contributed by atoms with Crippen LogP contribution in [-0.4, -0.2) is 17.4 Å². The van der Waals surface area contributed by atoms with Crippen molar-refractivity contribution < 1.29 is 4.74 Å². The van der Waals surface area contributed by atoms with Crippen molar-refractivity contribution in [3.63, 3.8) is 0 Å². The SMILES string of the molecule is CCOc1ccc(NC(=S)N/N=C2/CCCc3c(C)cc(C)cc32)cc1. The molecule has 1 aliphatic carbocycles. The summed E-state index contributed by atoms with van der Waals surface area (Å²) in [5, 5.41) is 8.23. The van der Waals surface area contributed by atoms with Crippen LogP contribution < -0.4 is 15.5 Å². The highest BCUT2D eigenvalue weighted by Gasteiger charge is 2.18. The van der Waals surface area contributed by atoms with E-state index in [4.69, 9.17) is 17.0 Å². The van der Waals surface area contributed by atoms with Gasteiger partial charge in [0.25, 0.3) is 0 Å². The average molecular weight is 368 g/mol.